The summed E-state index contributed by atoms with van der Waals surface area (Å²) in [6.45, 7) is 7.03. The van der Waals surface area contributed by atoms with Gasteiger partial charge in [-0.25, -0.2) is 0 Å². The summed E-state index contributed by atoms with van der Waals surface area (Å²) >= 11 is 0. The fourth-order valence-corrected chi connectivity index (χ4v) is 9.83. The van der Waals surface area contributed by atoms with Crippen LogP contribution < -0.4 is 18.9 Å². The molecule has 0 aliphatic carbocycles. The van der Waals surface area contributed by atoms with E-state index < -0.39 is 0 Å². The minimum atomic E-state index is 0.412. The van der Waals surface area contributed by atoms with Crippen molar-refractivity contribution < 1.29 is 47.4 Å². The van der Waals surface area contributed by atoms with E-state index in [1.165, 1.54) is 0 Å². The molecule has 7 aliphatic rings. The van der Waals surface area contributed by atoms with Crippen molar-refractivity contribution in [1.29, 1.82) is 0 Å². The van der Waals surface area contributed by atoms with Gasteiger partial charge in [0.25, 0.3) is 0 Å². The van der Waals surface area contributed by atoms with Crippen LogP contribution in [0.2, 0.25) is 0 Å². The van der Waals surface area contributed by atoms with Gasteiger partial charge in [0.05, 0.1) is 79.3 Å². The Labute approximate surface area is 502 Å². The van der Waals surface area contributed by atoms with Crippen molar-refractivity contribution in [3.63, 3.8) is 0 Å². The maximum Gasteiger partial charge on any atom is 0.119 e. The predicted octanol–water partition coefficient (Wildman–Crippen LogP) is 13.2. The molecule has 7 heterocycles. The summed E-state index contributed by atoms with van der Waals surface area (Å²) in [5.74, 6) is 30.7. The first-order valence-corrected chi connectivity index (χ1v) is 29.0. The Balaban J connectivity index is 0.703. The molecule has 0 fully saturated rings. The molecule has 10 aromatic carbocycles. The molecule has 10 nitrogen and oxygen atoms in total. The summed E-state index contributed by atoms with van der Waals surface area (Å²) < 4.78 is 58.3. The molecule has 10 aromatic rings. The fraction of sp³-hybridized carbons (Fsp3) is 0.211. The zero-order valence-electron chi connectivity index (χ0n) is 47.9. The van der Waals surface area contributed by atoms with Crippen molar-refractivity contribution in [3.05, 3.63) is 239 Å². The Morgan fingerprint density at radius 3 is 0.512 bits per heavy atom. The van der Waals surface area contributed by atoms with Crippen molar-refractivity contribution in [2.45, 2.75) is 0 Å². The molecule has 7 aliphatic heterocycles. The average molecular weight is 1140 g/mol. The van der Waals surface area contributed by atoms with Gasteiger partial charge >= 0.3 is 0 Å². The van der Waals surface area contributed by atoms with Gasteiger partial charge in [-0.2, -0.15) is 0 Å². The quantitative estimate of drug-likeness (QED) is 0.108. The molecule has 0 saturated carbocycles. The smallest absolute Gasteiger partial charge is 0.119 e. The molecule has 0 N–H and O–H groups in total. The average Bonchev–Trinajstić information content (AvgIpc) is 1.53. The monoisotopic (exact) mass is 1140 g/mol. The second-order valence-electron chi connectivity index (χ2n) is 19.8. The van der Waals surface area contributed by atoms with E-state index in [-0.39, 0.29) is 0 Å². The van der Waals surface area contributed by atoms with Crippen molar-refractivity contribution in [1.82, 2.24) is 0 Å². The Morgan fingerprint density at radius 2 is 0.337 bits per heavy atom. The zero-order chi connectivity index (χ0) is 58.2. The molecule has 0 aromatic heterocycles. The SMILES string of the molecule is C1#Cc2c3ccccc3c(c3ccccc23)C#Cc2ccc(cc2)OCCOCCOCCOCCOc2ccc(cc2)C#Cc2c3ccccc3c(c3ccccc23)C#Cc2ccc(cc2)OCCOCCOCCOCCOc2ccc1cc2. The first kappa shape index (κ1) is 58.2. The highest BCUT2D eigenvalue weighted by atomic mass is 16.6. The summed E-state index contributed by atoms with van der Waals surface area (Å²) in [5, 5.41) is 8.38. The molecule has 0 spiro atoms. The van der Waals surface area contributed by atoms with Crippen LogP contribution in [0.1, 0.15) is 44.5 Å². The van der Waals surface area contributed by atoms with Crippen LogP contribution >= 0.6 is 0 Å². The molecule has 17 rings (SSSR count). The van der Waals surface area contributed by atoms with Crippen LogP contribution in [0.25, 0.3) is 43.1 Å². The largest absolute Gasteiger partial charge is 0.491 e. The van der Waals surface area contributed by atoms with Crippen LogP contribution in [-0.4, -0.2) is 106 Å². The van der Waals surface area contributed by atoms with Crippen molar-refractivity contribution >= 4 is 43.1 Å². The van der Waals surface area contributed by atoms with Crippen LogP contribution in [0.4, 0.5) is 0 Å². The van der Waals surface area contributed by atoms with Gasteiger partial charge in [0.15, 0.2) is 0 Å². The Kier molecular flexibility index (Phi) is 20.9. The zero-order valence-corrected chi connectivity index (χ0v) is 47.9. The third-order valence-electron chi connectivity index (χ3n) is 14.1. The minimum Gasteiger partial charge on any atom is -0.491 e. The van der Waals surface area contributed by atoms with E-state index in [4.69, 9.17) is 47.4 Å². The van der Waals surface area contributed by atoms with Gasteiger partial charge in [-0.15, -0.1) is 0 Å². The second-order valence-corrected chi connectivity index (χ2v) is 19.8. The maximum absolute atomic E-state index is 5.96. The van der Waals surface area contributed by atoms with Gasteiger partial charge in [0.1, 0.15) is 49.4 Å². The van der Waals surface area contributed by atoms with E-state index in [1.807, 2.05) is 146 Å². The molecule has 0 atom stereocenters. The number of rotatable bonds is 0. The lowest BCUT2D eigenvalue weighted by molar-refractivity contribution is 0.00499. The molecule has 0 radical (unpaired) electrons. The van der Waals surface area contributed by atoms with Crippen LogP contribution in [-0.2, 0) is 28.4 Å². The highest BCUT2D eigenvalue weighted by Crippen LogP contribution is 2.34. The van der Waals surface area contributed by atoms with Crippen molar-refractivity contribution in [2.75, 3.05) is 106 Å². The lowest BCUT2D eigenvalue weighted by Gasteiger charge is -2.11. The minimum absolute atomic E-state index is 0.412. The molecular formula is C76H64O10. The number of benzene rings is 10. The van der Waals surface area contributed by atoms with Gasteiger partial charge in [-0.1, -0.05) is 144 Å². The first-order valence-electron chi connectivity index (χ1n) is 29.0. The first-order chi connectivity index (χ1) is 42.7. The van der Waals surface area contributed by atoms with E-state index >= 15 is 0 Å². The number of ether oxygens (including phenoxy) is 10. The molecule has 0 unspecified atom stereocenters. The van der Waals surface area contributed by atoms with Crippen LogP contribution in [0.5, 0.6) is 23.0 Å². The van der Waals surface area contributed by atoms with Gasteiger partial charge in [-0.3, -0.25) is 0 Å². The topological polar surface area (TPSA) is 92.3 Å². The number of fused-ring (bicyclic) bond motifs is 2. The Hall–Kier alpha value is -9.56. The Morgan fingerprint density at radius 1 is 0.174 bits per heavy atom. The summed E-state index contributed by atoms with van der Waals surface area (Å²) in [6.07, 6.45) is 0. The third kappa shape index (κ3) is 16.0. The van der Waals surface area contributed by atoms with E-state index in [0.29, 0.717) is 106 Å². The Bertz CT molecular complexity index is 3490. The highest BCUT2D eigenvalue weighted by Gasteiger charge is 2.14. The van der Waals surface area contributed by atoms with Crippen LogP contribution in [0.15, 0.2) is 194 Å². The molecule has 12 bridgehead atoms. The van der Waals surface area contributed by atoms with Crippen molar-refractivity contribution in [3.8, 4) is 70.4 Å². The van der Waals surface area contributed by atoms with E-state index in [9.17, 15) is 0 Å². The molecule has 0 saturated heterocycles. The second kappa shape index (κ2) is 30.8. The third-order valence-corrected chi connectivity index (χ3v) is 14.1. The molecule has 86 heavy (non-hydrogen) atoms. The standard InChI is InChI=1S/C76H64O10/c1-2-10-66-65(9-1)73-37-25-57-17-29-61(30-18-57)83-53-49-79-45-41-77-43-47-81-51-55-85-63-33-21-59(22-34-63)27-39-75-69-13-5-7-15-71(69)76(72-16-8-6-14-70(72)75)40-28-60-23-35-64(36-24-60)86-56-52-82-48-44-78-42-46-80-50-54-84-62-31-19-58(20-32-62)26-38-74(66)68-12-4-3-11-67(68)73/h1-24,29-36H,41-56H2. The van der Waals surface area contributed by atoms with Crippen molar-refractivity contribution in [2.24, 2.45) is 0 Å². The normalized spacial score (nSPS) is 14.8. The lowest BCUT2D eigenvalue weighted by atomic mass is 9.92. The van der Waals surface area contributed by atoms with Gasteiger partial charge in [0, 0.05) is 44.5 Å². The lowest BCUT2D eigenvalue weighted by Crippen LogP contribution is -2.14. The molecule has 428 valence electrons. The van der Waals surface area contributed by atoms with E-state index in [1.54, 1.807) is 0 Å². The summed E-state index contributed by atoms with van der Waals surface area (Å²) in [6, 6.07) is 64.6. The molecular weight excluding hydrogens is 1070 g/mol. The van der Waals surface area contributed by atoms with Gasteiger partial charge < -0.3 is 47.4 Å². The van der Waals surface area contributed by atoms with E-state index in [2.05, 4.69) is 95.9 Å². The molecule has 10 heteroatoms. The predicted molar refractivity (Wildman–Crippen MR) is 339 cm³/mol. The van der Waals surface area contributed by atoms with Gasteiger partial charge in [-0.05, 0) is 140 Å². The number of hydrogen-bond donors (Lipinski definition) is 0. The summed E-state index contributed by atoms with van der Waals surface area (Å²) in [7, 11) is 0. The van der Waals surface area contributed by atoms with Crippen LogP contribution in [0, 0.1) is 47.4 Å². The van der Waals surface area contributed by atoms with Gasteiger partial charge in [0.2, 0.25) is 0 Å². The maximum atomic E-state index is 5.96. The fourth-order valence-electron chi connectivity index (χ4n) is 9.83. The van der Waals surface area contributed by atoms with E-state index in [0.717, 1.165) is 111 Å². The summed E-state index contributed by atoms with van der Waals surface area (Å²) in [4.78, 5) is 0. The number of hydrogen-bond acceptors (Lipinski definition) is 10. The highest BCUT2D eigenvalue weighted by molar-refractivity contribution is 6.11. The summed E-state index contributed by atoms with van der Waals surface area (Å²) in [5.41, 5.74) is 7.36. The molecule has 0 amide bonds. The van der Waals surface area contributed by atoms with Crippen LogP contribution in [0.3, 0.4) is 0 Å².